The van der Waals surface area contributed by atoms with Gasteiger partial charge in [0.25, 0.3) is 0 Å². The quantitative estimate of drug-likeness (QED) is 0.555. The van der Waals surface area contributed by atoms with Gasteiger partial charge >= 0.3 is 5.97 Å². The summed E-state index contributed by atoms with van der Waals surface area (Å²) >= 11 is 3.07. The molecule has 2 heterocycles. The summed E-state index contributed by atoms with van der Waals surface area (Å²) in [5, 5.41) is 11.8. The molecule has 1 aromatic heterocycles. The number of hydrogen-bond donors (Lipinski definition) is 2. The average molecular weight is 390 g/mol. The van der Waals surface area contributed by atoms with Gasteiger partial charge in [-0.25, -0.2) is 9.97 Å². The molecule has 0 atom stereocenters. The van der Waals surface area contributed by atoms with Crippen molar-refractivity contribution in [1.82, 2.24) is 15.3 Å². The molecule has 1 aliphatic rings. The van der Waals surface area contributed by atoms with Crippen molar-refractivity contribution in [2.75, 3.05) is 18.1 Å². The third-order valence-corrected chi connectivity index (χ3v) is 6.05. The molecule has 0 saturated heterocycles. The molecule has 1 aromatic carbocycles. The Morgan fingerprint density at radius 2 is 2.04 bits per heavy atom. The predicted molar refractivity (Wildman–Crippen MR) is 102 cm³/mol. The third-order valence-electron chi connectivity index (χ3n) is 3.74. The van der Waals surface area contributed by atoms with Crippen molar-refractivity contribution >= 4 is 35.4 Å². The molecule has 1 amide bonds. The normalized spacial score (nSPS) is 13.1. The highest BCUT2D eigenvalue weighted by molar-refractivity contribution is 8.02. The summed E-state index contributed by atoms with van der Waals surface area (Å²) in [6, 6.07) is 10.1. The number of aromatic nitrogens is 2. The Bertz CT molecular complexity index is 800. The molecule has 3 rings (SSSR count). The molecule has 0 bridgehead atoms. The first kappa shape index (κ1) is 18.7. The maximum atomic E-state index is 11.8. The molecular weight excluding hydrogens is 370 g/mol. The van der Waals surface area contributed by atoms with Gasteiger partial charge in [0.1, 0.15) is 17.4 Å². The maximum absolute atomic E-state index is 11.8. The second-order valence-corrected chi connectivity index (χ2v) is 7.86. The minimum atomic E-state index is -1.05. The van der Waals surface area contributed by atoms with Crippen LogP contribution in [-0.2, 0) is 22.4 Å². The first-order chi connectivity index (χ1) is 12.6. The Labute approximate surface area is 160 Å². The molecular formula is C18H19N3O3S2. The van der Waals surface area contributed by atoms with Crippen molar-refractivity contribution in [2.24, 2.45) is 0 Å². The van der Waals surface area contributed by atoms with E-state index in [1.165, 1.54) is 11.8 Å². The molecule has 0 spiro atoms. The van der Waals surface area contributed by atoms with E-state index in [1.807, 2.05) is 30.3 Å². The van der Waals surface area contributed by atoms with Gasteiger partial charge in [-0.2, -0.15) is 0 Å². The van der Waals surface area contributed by atoms with E-state index < -0.39 is 5.97 Å². The molecule has 6 nitrogen and oxygen atoms in total. The van der Waals surface area contributed by atoms with Gasteiger partial charge in [-0.3, -0.25) is 9.59 Å². The number of benzene rings is 1. The SMILES string of the molecule is O=C(O)CNC(=O)CSc1nc(Cc2ccccc2)nc2c1SCCC2. The van der Waals surface area contributed by atoms with E-state index in [-0.39, 0.29) is 18.2 Å². The van der Waals surface area contributed by atoms with Gasteiger partial charge in [-0.15, -0.1) is 11.8 Å². The van der Waals surface area contributed by atoms with Crippen molar-refractivity contribution in [2.45, 2.75) is 29.2 Å². The molecule has 8 heteroatoms. The van der Waals surface area contributed by atoms with E-state index in [9.17, 15) is 9.59 Å². The minimum Gasteiger partial charge on any atom is -0.480 e. The second kappa shape index (κ2) is 9.05. The molecule has 0 radical (unpaired) electrons. The zero-order valence-electron chi connectivity index (χ0n) is 14.1. The van der Waals surface area contributed by atoms with E-state index >= 15 is 0 Å². The van der Waals surface area contributed by atoms with Gasteiger partial charge in [0, 0.05) is 6.42 Å². The van der Waals surface area contributed by atoms with Crippen molar-refractivity contribution in [1.29, 1.82) is 0 Å². The van der Waals surface area contributed by atoms with Gasteiger partial charge in [0.05, 0.1) is 16.3 Å². The number of nitrogens with one attached hydrogen (secondary N) is 1. The van der Waals surface area contributed by atoms with Crippen molar-refractivity contribution in [3.63, 3.8) is 0 Å². The van der Waals surface area contributed by atoms with Crippen LogP contribution in [0.1, 0.15) is 23.5 Å². The Morgan fingerprint density at radius 1 is 1.23 bits per heavy atom. The molecule has 1 aliphatic heterocycles. The largest absolute Gasteiger partial charge is 0.480 e. The topological polar surface area (TPSA) is 92.2 Å². The van der Waals surface area contributed by atoms with E-state index in [0.29, 0.717) is 6.42 Å². The number of carboxylic acids is 1. The van der Waals surface area contributed by atoms with Gasteiger partial charge in [-0.05, 0) is 24.2 Å². The van der Waals surface area contributed by atoms with Crippen LogP contribution < -0.4 is 5.32 Å². The summed E-state index contributed by atoms with van der Waals surface area (Å²) in [6.45, 7) is -0.366. The van der Waals surface area contributed by atoms with Crippen LogP contribution in [0.25, 0.3) is 0 Å². The van der Waals surface area contributed by atoms with Crippen LogP contribution in [0, 0.1) is 0 Å². The van der Waals surface area contributed by atoms with Gasteiger partial charge in [-0.1, -0.05) is 42.1 Å². The van der Waals surface area contributed by atoms with Crippen LogP contribution in [-0.4, -0.2) is 45.0 Å². The number of hydrogen-bond acceptors (Lipinski definition) is 6. The fourth-order valence-electron chi connectivity index (χ4n) is 2.57. The lowest BCUT2D eigenvalue weighted by Crippen LogP contribution is -2.30. The average Bonchev–Trinajstić information content (AvgIpc) is 2.65. The molecule has 136 valence electrons. The van der Waals surface area contributed by atoms with Gasteiger partial charge in [0.15, 0.2) is 0 Å². The van der Waals surface area contributed by atoms with Gasteiger partial charge in [0.2, 0.25) is 5.91 Å². The van der Waals surface area contributed by atoms with E-state index in [2.05, 4.69) is 10.3 Å². The molecule has 0 fully saturated rings. The van der Waals surface area contributed by atoms with Crippen molar-refractivity contribution < 1.29 is 14.7 Å². The number of thioether (sulfide) groups is 2. The maximum Gasteiger partial charge on any atom is 0.322 e. The van der Waals surface area contributed by atoms with Crippen LogP contribution in [0.5, 0.6) is 0 Å². The lowest BCUT2D eigenvalue weighted by Gasteiger charge is -2.18. The number of carbonyl (C=O) groups excluding carboxylic acids is 1. The predicted octanol–water partition coefficient (Wildman–Crippen LogP) is 2.40. The first-order valence-corrected chi connectivity index (χ1v) is 10.3. The standard InChI is InChI=1S/C18H19N3O3S2/c22-15(19-10-16(23)24)11-26-18-17-13(7-4-8-25-17)20-14(21-18)9-12-5-2-1-3-6-12/h1-3,5-6H,4,7-11H2,(H,19,22)(H,23,24). The summed E-state index contributed by atoms with van der Waals surface area (Å²) in [4.78, 5) is 32.8. The Morgan fingerprint density at radius 3 is 2.81 bits per heavy atom. The summed E-state index contributed by atoms with van der Waals surface area (Å²) in [6.07, 6.45) is 2.66. The molecule has 2 N–H and O–H groups in total. The number of aryl methyl sites for hydroxylation is 1. The lowest BCUT2D eigenvalue weighted by molar-refractivity contribution is -0.137. The lowest BCUT2D eigenvalue weighted by atomic mass is 10.1. The summed E-state index contributed by atoms with van der Waals surface area (Å²) in [5.74, 6) is 0.555. The number of aliphatic carboxylic acids is 1. The van der Waals surface area contributed by atoms with E-state index in [1.54, 1.807) is 11.8 Å². The van der Waals surface area contributed by atoms with Crippen molar-refractivity contribution in [3.8, 4) is 0 Å². The highest BCUT2D eigenvalue weighted by atomic mass is 32.2. The highest BCUT2D eigenvalue weighted by Gasteiger charge is 2.20. The monoisotopic (exact) mass is 389 g/mol. The zero-order valence-corrected chi connectivity index (χ0v) is 15.7. The third kappa shape index (κ3) is 5.22. The molecule has 0 aliphatic carbocycles. The number of carboxylic acid groups (broad SMARTS) is 1. The number of fused-ring (bicyclic) bond motifs is 1. The number of rotatable bonds is 7. The van der Waals surface area contributed by atoms with Crippen LogP contribution in [0.3, 0.4) is 0 Å². The zero-order chi connectivity index (χ0) is 18.4. The van der Waals surface area contributed by atoms with Gasteiger partial charge < -0.3 is 10.4 Å². The second-order valence-electron chi connectivity index (χ2n) is 5.79. The number of carbonyl (C=O) groups is 2. The molecule has 26 heavy (non-hydrogen) atoms. The van der Waals surface area contributed by atoms with Crippen LogP contribution in [0.4, 0.5) is 0 Å². The van der Waals surface area contributed by atoms with Crippen LogP contribution in [0.15, 0.2) is 40.3 Å². The van der Waals surface area contributed by atoms with Crippen molar-refractivity contribution in [3.05, 3.63) is 47.4 Å². The Hall–Kier alpha value is -2.06. The highest BCUT2D eigenvalue weighted by Crippen LogP contribution is 2.36. The van der Waals surface area contributed by atoms with Crippen LogP contribution in [0.2, 0.25) is 0 Å². The number of amides is 1. The van der Waals surface area contributed by atoms with Crippen LogP contribution >= 0.6 is 23.5 Å². The fourth-order valence-corrected chi connectivity index (χ4v) is 4.68. The Kier molecular flexibility index (Phi) is 6.51. The number of nitrogens with zero attached hydrogens (tertiary/aromatic N) is 2. The summed E-state index contributed by atoms with van der Waals surface area (Å²) in [7, 11) is 0. The molecule has 0 unspecified atom stereocenters. The summed E-state index contributed by atoms with van der Waals surface area (Å²) in [5.41, 5.74) is 2.20. The summed E-state index contributed by atoms with van der Waals surface area (Å²) < 4.78 is 0. The molecule has 2 aromatic rings. The smallest absolute Gasteiger partial charge is 0.322 e. The Balaban J connectivity index is 1.75. The first-order valence-electron chi connectivity index (χ1n) is 8.29. The minimum absolute atomic E-state index is 0.141. The van der Waals surface area contributed by atoms with E-state index in [0.717, 1.165) is 45.6 Å². The fraction of sp³-hybridized carbons (Fsp3) is 0.333. The van der Waals surface area contributed by atoms with E-state index in [4.69, 9.17) is 10.1 Å². The molecule has 0 saturated carbocycles.